The summed E-state index contributed by atoms with van der Waals surface area (Å²) >= 11 is 0. The van der Waals surface area contributed by atoms with Crippen LogP contribution in [-0.4, -0.2) is 23.5 Å². The van der Waals surface area contributed by atoms with Gasteiger partial charge in [0.1, 0.15) is 5.75 Å². The summed E-state index contributed by atoms with van der Waals surface area (Å²) in [6.45, 7) is -0.0927. The Bertz CT molecular complexity index is 726. The fourth-order valence-electron chi connectivity index (χ4n) is 2.70. The topological polar surface area (TPSA) is 78.4 Å². The SMILES string of the molecule is O=C(CNC(=O)c1cccc(O)c1)NC(c1ccccc1)C1CC1. The molecule has 0 aliphatic heterocycles. The van der Waals surface area contributed by atoms with Crippen molar-refractivity contribution in [3.8, 4) is 5.75 Å². The van der Waals surface area contributed by atoms with E-state index in [0.717, 1.165) is 18.4 Å². The molecule has 2 amide bonds. The molecule has 124 valence electrons. The van der Waals surface area contributed by atoms with Crippen LogP contribution in [0, 0.1) is 5.92 Å². The van der Waals surface area contributed by atoms with Gasteiger partial charge in [-0.1, -0.05) is 36.4 Å². The van der Waals surface area contributed by atoms with Crippen molar-refractivity contribution in [2.45, 2.75) is 18.9 Å². The van der Waals surface area contributed by atoms with Gasteiger partial charge in [-0.15, -0.1) is 0 Å². The Labute approximate surface area is 140 Å². The maximum absolute atomic E-state index is 12.2. The highest BCUT2D eigenvalue weighted by atomic mass is 16.3. The molecule has 1 unspecified atom stereocenters. The quantitative estimate of drug-likeness (QED) is 0.763. The normalized spacial score (nSPS) is 14.7. The third-order valence-electron chi connectivity index (χ3n) is 4.09. The van der Waals surface area contributed by atoms with Crippen molar-refractivity contribution in [1.82, 2.24) is 10.6 Å². The first-order chi connectivity index (χ1) is 11.6. The molecule has 1 saturated carbocycles. The highest BCUT2D eigenvalue weighted by Gasteiger charge is 2.33. The smallest absolute Gasteiger partial charge is 0.251 e. The fourth-order valence-corrected chi connectivity index (χ4v) is 2.70. The van der Waals surface area contributed by atoms with E-state index in [1.54, 1.807) is 12.1 Å². The van der Waals surface area contributed by atoms with Gasteiger partial charge >= 0.3 is 0 Å². The molecule has 0 aromatic heterocycles. The van der Waals surface area contributed by atoms with Crippen LogP contribution in [0.25, 0.3) is 0 Å². The van der Waals surface area contributed by atoms with Gasteiger partial charge in [0.15, 0.2) is 0 Å². The summed E-state index contributed by atoms with van der Waals surface area (Å²) in [4.78, 5) is 24.2. The van der Waals surface area contributed by atoms with Gasteiger partial charge in [0.05, 0.1) is 12.6 Å². The number of phenolic OH excluding ortho intramolecular Hbond substituents is 1. The lowest BCUT2D eigenvalue weighted by molar-refractivity contribution is -0.121. The number of benzene rings is 2. The minimum absolute atomic E-state index is 0.00336. The van der Waals surface area contributed by atoms with Crippen molar-refractivity contribution in [3.63, 3.8) is 0 Å². The lowest BCUT2D eigenvalue weighted by atomic mass is 10.0. The first-order valence-electron chi connectivity index (χ1n) is 8.05. The third kappa shape index (κ3) is 4.13. The Morgan fingerprint density at radius 1 is 1.08 bits per heavy atom. The molecule has 3 rings (SSSR count). The predicted octanol–water partition coefficient (Wildman–Crippen LogP) is 2.39. The van der Waals surface area contributed by atoms with E-state index in [1.807, 2.05) is 30.3 Å². The van der Waals surface area contributed by atoms with Gasteiger partial charge in [-0.05, 0) is 42.5 Å². The molecular formula is C19H20N2O3. The van der Waals surface area contributed by atoms with Crippen LogP contribution in [0.3, 0.4) is 0 Å². The second kappa shape index (κ2) is 7.17. The summed E-state index contributed by atoms with van der Waals surface area (Å²) in [5, 5.41) is 15.0. The molecule has 1 aliphatic carbocycles. The summed E-state index contributed by atoms with van der Waals surface area (Å²) in [6.07, 6.45) is 2.21. The Morgan fingerprint density at radius 3 is 2.50 bits per heavy atom. The highest BCUT2D eigenvalue weighted by molar-refractivity contribution is 5.96. The van der Waals surface area contributed by atoms with Crippen molar-refractivity contribution in [2.24, 2.45) is 5.92 Å². The van der Waals surface area contributed by atoms with Gasteiger partial charge in [-0.3, -0.25) is 9.59 Å². The molecule has 2 aromatic carbocycles. The first-order valence-corrected chi connectivity index (χ1v) is 8.05. The zero-order chi connectivity index (χ0) is 16.9. The van der Waals surface area contributed by atoms with Gasteiger partial charge < -0.3 is 15.7 Å². The number of aromatic hydroxyl groups is 1. The second-order valence-corrected chi connectivity index (χ2v) is 6.03. The summed E-state index contributed by atoms with van der Waals surface area (Å²) in [5.74, 6) is -0.115. The van der Waals surface area contributed by atoms with E-state index in [9.17, 15) is 14.7 Å². The van der Waals surface area contributed by atoms with Crippen molar-refractivity contribution < 1.29 is 14.7 Å². The second-order valence-electron chi connectivity index (χ2n) is 6.03. The minimum atomic E-state index is -0.385. The number of hydrogen-bond acceptors (Lipinski definition) is 3. The first kappa shape index (κ1) is 16.1. The summed E-state index contributed by atoms with van der Waals surface area (Å²) in [6, 6.07) is 15.9. The van der Waals surface area contributed by atoms with E-state index in [1.165, 1.54) is 12.1 Å². The number of amides is 2. The van der Waals surface area contributed by atoms with E-state index in [-0.39, 0.29) is 30.2 Å². The molecule has 1 fully saturated rings. The van der Waals surface area contributed by atoms with E-state index < -0.39 is 0 Å². The lowest BCUT2D eigenvalue weighted by Gasteiger charge is -2.19. The van der Waals surface area contributed by atoms with Gasteiger partial charge in [0.25, 0.3) is 5.91 Å². The van der Waals surface area contributed by atoms with Gasteiger partial charge in [0.2, 0.25) is 5.91 Å². The zero-order valence-electron chi connectivity index (χ0n) is 13.2. The highest BCUT2D eigenvalue weighted by Crippen LogP contribution is 2.40. The fraction of sp³-hybridized carbons (Fsp3) is 0.263. The van der Waals surface area contributed by atoms with Crippen LogP contribution in [0.2, 0.25) is 0 Å². The minimum Gasteiger partial charge on any atom is -0.508 e. The van der Waals surface area contributed by atoms with Crippen LogP contribution >= 0.6 is 0 Å². The Morgan fingerprint density at radius 2 is 1.83 bits per heavy atom. The van der Waals surface area contributed by atoms with E-state index in [4.69, 9.17) is 0 Å². The molecule has 1 atom stereocenters. The standard InChI is InChI=1S/C19H20N2O3/c22-16-8-4-7-15(11-16)19(24)20-12-17(23)21-18(14-9-10-14)13-5-2-1-3-6-13/h1-8,11,14,18,22H,9-10,12H2,(H,20,24)(H,21,23). The van der Waals surface area contributed by atoms with Crippen LogP contribution in [0.5, 0.6) is 5.75 Å². The Hall–Kier alpha value is -2.82. The predicted molar refractivity (Wildman–Crippen MR) is 90.5 cm³/mol. The molecular weight excluding hydrogens is 304 g/mol. The van der Waals surface area contributed by atoms with Gasteiger partial charge in [-0.25, -0.2) is 0 Å². The molecule has 24 heavy (non-hydrogen) atoms. The van der Waals surface area contributed by atoms with E-state index in [0.29, 0.717) is 11.5 Å². The van der Waals surface area contributed by atoms with Crippen LogP contribution in [-0.2, 0) is 4.79 Å². The molecule has 3 N–H and O–H groups in total. The van der Waals surface area contributed by atoms with Crippen LogP contribution in [0.15, 0.2) is 54.6 Å². The molecule has 5 nitrogen and oxygen atoms in total. The van der Waals surface area contributed by atoms with E-state index in [2.05, 4.69) is 10.6 Å². The molecule has 1 aliphatic rings. The molecule has 0 spiro atoms. The van der Waals surface area contributed by atoms with Crippen molar-refractivity contribution in [3.05, 3.63) is 65.7 Å². The molecule has 0 bridgehead atoms. The number of nitrogens with one attached hydrogen (secondary N) is 2. The van der Waals surface area contributed by atoms with Crippen LogP contribution < -0.4 is 10.6 Å². The van der Waals surface area contributed by atoms with E-state index >= 15 is 0 Å². The largest absolute Gasteiger partial charge is 0.508 e. The third-order valence-corrected chi connectivity index (χ3v) is 4.09. The molecule has 2 aromatic rings. The summed E-state index contributed by atoms with van der Waals surface area (Å²) in [5.41, 5.74) is 1.41. The summed E-state index contributed by atoms with van der Waals surface area (Å²) < 4.78 is 0. The lowest BCUT2D eigenvalue weighted by Crippen LogP contribution is -2.39. The monoisotopic (exact) mass is 324 g/mol. The molecule has 5 heteroatoms. The number of phenols is 1. The number of rotatable bonds is 6. The average Bonchev–Trinajstić information content (AvgIpc) is 3.43. The van der Waals surface area contributed by atoms with Crippen LogP contribution in [0.4, 0.5) is 0 Å². The molecule has 0 heterocycles. The number of carbonyl (C=O) groups is 2. The van der Waals surface area contributed by atoms with Crippen molar-refractivity contribution in [1.29, 1.82) is 0 Å². The number of hydrogen-bond donors (Lipinski definition) is 3. The van der Waals surface area contributed by atoms with Crippen molar-refractivity contribution in [2.75, 3.05) is 6.54 Å². The zero-order valence-corrected chi connectivity index (χ0v) is 13.2. The maximum Gasteiger partial charge on any atom is 0.251 e. The van der Waals surface area contributed by atoms with Crippen molar-refractivity contribution >= 4 is 11.8 Å². The summed E-state index contributed by atoms with van der Waals surface area (Å²) in [7, 11) is 0. The van der Waals surface area contributed by atoms with Crippen LogP contribution in [0.1, 0.15) is 34.8 Å². The average molecular weight is 324 g/mol. The van der Waals surface area contributed by atoms with Gasteiger partial charge in [0, 0.05) is 5.56 Å². The molecule has 0 saturated heterocycles. The maximum atomic E-state index is 12.2. The Kier molecular flexibility index (Phi) is 4.79. The van der Waals surface area contributed by atoms with Gasteiger partial charge in [-0.2, -0.15) is 0 Å². The molecule has 0 radical (unpaired) electrons. The number of carbonyl (C=O) groups excluding carboxylic acids is 2. The Balaban J connectivity index is 1.56.